The van der Waals surface area contributed by atoms with E-state index in [2.05, 4.69) is 4.98 Å². The number of halogens is 3. The number of nitrogens with one attached hydrogen (secondary N) is 1. The molecule has 0 bridgehead atoms. The molecule has 0 spiro atoms. The molecule has 0 radical (unpaired) electrons. The van der Waals surface area contributed by atoms with Crippen molar-refractivity contribution >= 4 is 0 Å². The van der Waals surface area contributed by atoms with Crippen molar-refractivity contribution in [2.75, 3.05) is 6.61 Å². The number of alkyl halides is 2. The van der Waals surface area contributed by atoms with E-state index >= 15 is 0 Å². The summed E-state index contributed by atoms with van der Waals surface area (Å²) in [6.45, 7) is -0.266. The van der Waals surface area contributed by atoms with Crippen LogP contribution in [0, 0.1) is 0 Å². The fourth-order valence-electron chi connectivity index (χ4n) is 0.784. The second-order valence-corrected chi connectivity index (χ2v) is 2.31. The molecule has 1 aromatic heterocycles. The normalized spacial score (nSPS) is 9.77. The second-order valence-electron chi connectivity index (χ2n) is 2.31. The summed E-state index contributed by atoms with van der Waals surface area (Å²) >= 11 is 0. The zero-order chi connectivity index (χ0) is 8.81. The quantitative estimate of drug-likeness (QED) is 0.607. The van der Waals surface area contributed by atoms with Crippen LogP contribution in [0.3, 0.4) is 0 Å². The van der Waals surface area contributed by atoms with Gasteiger partial charge in [0.1, 0.15) is 6.61 Å². The monoisotopic (exact) mass is 301 g/mol. The van der Waals surface area contributed by atoms with Crippen molar-refractivity contribution in [1.82, 2.24) is 0 Å². The topological polar surface area (TPSA) is 23.4 Å². The van der Waals surface area contributed by atoms with Crippen LogP contribution in [0.1, 0.15) is 5.56 Å². The minimum absolute atomic E-state index is 0. The number of ether oxygens (including phenoxy) is 1. The first-order valence-corrected chi connectivity index (χ1v) is 3.60. The lowest BCUT2D eigenvalue weighted by Gasteiger charge is -2.01. The summed E-state index contributed by atoms with van der Waals surface area (Å²) in [7, 11) is 0. The Kier molecular flexibility index (Phi) is 6.97. The summed E-state index contributed by atoms with van der Waals surface area (Å²) in [5.74, 6) is 0. The lowest BCUT2D eigenvalue weighted by molar-refractivity contribution is -0.378. The average Bonchev–Trinajstić information content (AvgIpc) is 2.05. The number of hydrogen-bond acceptors (Lipinski definition) is 1. The lowest BCUT2D eigenvalue weighted by atomic mass is 10.3. The minimum atomic E-state index is -2.39. The number of rotatable bonds is 4. The van der Waals surface area contributed by atoms with Crippen LogP contribution in [-0.4, -0.2) is 13.0 Å². The molecule has 0 atom stereocenters. The smallest absolute Gasteiger partial charge is 0.261 e. The Labute approximate surface area is 92.3 Å². The predicted octanol–water partition coefficient (Wildman–Crippen LogP) is -1.71. The van der Waals surface area contributed by atoms with E-state index in [0.29, 0.717) is 0 Å². The Morgan fingerprint density at radius 3 is 2.46 bits per heavy atom. The van der Waals surface area contributed by atoms with Crippen molar-refractivity contribution in [1.29, 1.82) is 0 Å². The van der Waals surface area contributed by atoms with E-state index < -0.39 is 13.0 Å². The fourth-order valence-corrected chi connectivity index (χ4v) is 0.784. The van der Waals surface area contributed by atoms with Crippen LogP contribution in [0.2, 0.25) is 0 Å². The Morgan fingerprint density at radius 2 is 1.92 bits per heavy atom. The van der Waals surface area contributed by atoms with Crippen LogP contribution in [0.4, 0.5) is 8.78 Å². The molecule has 0 fully saturated rings. The highest BCUT2D eigenvalue weighted by atomic mass is 127. The fraction of sp³-hybridized carbons (Fsp3) is 0.375. The molecule has 1 heterocycles. The third-order valence-electron chi connectivity index (χ3n) is 1.30. The molecule has 0 aliphatic heterocycles. The number of aromatic amines is 1. The summed E-state index contributed by atoms with van der Waals surface area (Å²) in [6.07, 6.45) is 1.06. The first-order chi connectivity index (χ1) is 5.79. The first-order valence-electron chi connectivity index (χ1n) is 3.60. The molecule has 1 aromatic rings. The van der Waals surface area contributed by atoms with Gasteiger partial charge in [-0.05, 0) is 5.56 Å². The van der Waals surface area contributed by atoms with E-state index in [0.717, 1.165) is 5.56 Å². The van der Waals surface area contributed by atoms with Gasteiger partial charge in [0.2, 0.25) is 0 Å². The molecule has 0 aromatic carbocycles. The van der Waals surface area contributed by atoms with E-state index in [-0.39, 0.29) is 30.6 Å². The van der Waals surface area contributed by atoms with Crippen molar-refractivity contribution in [2.24, 2.45) is 0 Å². The van der Waals surface area contributed by atoms with Crippen LogP contribution < -0.4 is 29.0 Å². The van der Waals surface area contributed by atoms with Crippen molar-refractivity contribution in [3.63, 3.8) is 0 Å². The summed E-state index contributed by atoms with van der Waals surface area (Å²) < 4.78 is 27.9. The molecule has 0 saturated carbocycles. The van der Waals surface area contributed by atoms with Gasteiger partial charge in [0, 0.05) is 12.1 Å². The molecule has 1 rings (SSSR count). The Bertz CT molecular complexity index is 221. The Hall–Kier alpha value is -0.300. The average molecular weight is 301 g/mol. The van der Waals surface area contributed by atoms with Crippen LogP contribution in [0.15, 0.2) is 24.5 Å². The Morgan fingerprint density at radius 1 is 1.31 bits per heavy atom. The van der Waals surface area contributed by atoms with Gasteiger partial charge in [-0.1, -0.05) is 0 Å². The molecule has 0 aliphatic rings. The molecule has 5 heteroatoms. The van der Waals surface area contributed by atoms with Crippen molar-refractivity contribution in [2.45, 2.75) is 13.0 Å². The van der Waals surface area contributed by atoms with Gasteiger partial charge in [0.15, 0.2) is 12.4 Å². The predicted molar refractivity (Wildman–Crippen MR) is 38.7 cm³/mol. The maximum atomic E-state index is 11.6. The SMILES string of the molecule is FC(F)COCc1cc[nH+]cc1.[I-]. The van der Waals surface area contributed by atoms with Gasteiger partial charge in [0.05, 0.1) is 6.61 Å². The van der Waals surface area contributed by atoms with Gasteiger partial charge in [-0.2, -0.15) is 0 Å². The van der Waals surface area contributed by atoms with E-state index in [4.69, 9.17) is 4.74 Å². The minimum Gasteiger partial charge on any atom is -1.00 e. The van der Waals surface area contributed by atoms with E-state index in [1.54, 1.807) is 24.5 Å². The maximum absolute atomic E-state index is 11.6. The number of H-pyrrole nitrogens is 1. The molecule has 0 aliphatic carbocycles. The zero-order valence-electron chi connectivity index (χ0n) is 6.84. The number of aromatic nitrogens is 1. The number of pyridine rings is 1. The summed E-state index contributed by atoms with van der Waals surface area (Å²) in [6, 6.07) is 3.57. The van der Waals surface area contributed by atoms with Crippen LogP contribution in [-0.2, 0) is 11.3 Å². The highest BCUT2D eigenvalue weighted by molar-refractivity contribution is 5.04. The molecule has 0 saturated heterocycles. The van der Waals surface area contributed by atoms with Crippen LogP contribution in [0.25, 0.3) is 0 Å². The largest absolute Gasteiger partial charge is 1.00 e. The maximum Gasteiger partial charge on any atom is 0.261 e. The number of hydrogen-bond donors (Lipinski definition) is 0. The highest BCUT2D eigenvalue weighted by Gasteiger charge is 2.01. The van der Waals surface area contributed by atoms with Gasteiger partial charge in [-0.3, -0.25) is 0 Å². The third kappa shape index (κ3) is 5.87. The van der Waals surface area contributed by atoms with Gasteiger partial charge >= 0.3 is 0 Å². The van der Waals surface area contributed by atoms with Gasteiger partial charge in [0.25, 0.3) is 6.43 Å². The molecule has 1 N–H and O–H groups in total. The molecule has 13 heavy (non-hydrogen) atoms. The van der Waals surface area contributed by atoms with Crippen LogP contribution >= 0.6 is 0 Å². The molecule has 74 valence electrons. The molecule has 0 unspecified atom stereocenters. The van der Waals surface area contributed by atoms with E-state index in [1.165, 1.54) is 0 Å². The van der Waals surface area contributed by atoms with Crippen molar-refractivity contribution in [3.05, 3.63) is 30.1 Å². The zero-order valence-corrected chi connectivity index (χ0v) is 9.00. The van der Waals surface area contributed by atoms with Gasteiger partial charge in [-0.25, -0.2) is 13.8 Å². The lowest BCUT2D eigenvalue weighted by Crippen LogP contribution is -3.00. The van der Waals surface area contributed by atoms with Gasteiger partial charge in [-0.15, -0.1) is 0 Å². The summed E-state index contributed by atoms with van der Waals surface area (Å²) in [5.41, 5.74) is 0.884. The van der Waals surface area contributed by atoms with Gasteiger partial charge < -0.3 is 28.7 Å². The third-order valence-corrected chi connectivity index (χ3v) is 1.30. The summed E-state index contributed by atoms with van der Waals surface area (Å²) in [4.78, 5) is 2.83. The molecule has 2 nitrogen and oxygen atoms in total. The van der Waals surface area contributed by atoms with E-state index in [1.807, 2.05) is 0 Å². The van der Waals surface area contributed by atoms with Crippen molar-refractivity contribution < 1.29 is 42.5 Å². The molecular weight excluding hydrogens is 291 g/mol. The Balaban J connectivity index is 0.00000144. The van der Waals surface area contributed by atoms with Crippen LogP contribution in [0.5, 0.6) is 0 Å². The molecular formula is C8H10F2INO. The first kappa shape index (κ1) is 12.7. The molecule has 0 amide bonds. The standard InChI is InChI=1S/C8H9F2NO.HI/c9-8(10)6-12-5-7-1-3-11-4-2-7;/h1-4,8H,5-6H2;1H. The van der Waals surface area contributed by atoms with E-state index in [9.17, 15) is 8.78 Å². The van der Waals surface area contributed by atoms with Crippen molar-refractivity contribution in [3.8, 4) is 0 Å². The summed E-state index contributed by atoms with van der Waals surface area (Å²) in [5, 5.41) is 0. The second kappa shape index (κ2) is 7.14. The highest BCUT2D eigenvalue weighted by Crippen LogP contribution is 1.99.